The minimum absolute atomic E-state index is 0.0251. The van der Waals surface area contributed by atoms with E-state index < -0.39 is 0 Å². The first kappa shape index (κ1) is 15.1. The van der Waals surface area contributed by atoms with Crippen LogP contribution in [-0.4, -0.2) is 37.2 Å². The van der Waals surface area contributed by atoms with Crippen molar-refractivity contribution < 1.29 is 9.53 Å². The fraction of sp³-hybridized carbons (Fsp3) is 0.375. The number of aromatic nitrogens is 1. The molecular weight excluding hydrogens is 378 g/mol. The first-order valence-electron chi connectivity index (χ1n) is 7.60. The van der Waals surface area contributed by atoms with Gasteiger partial charge >= 0.3 is 0 Å². The van der Waals surface area contributed by atoms with E-state index in [-0.39, 0.29) is 11.8 Å². The third-order valence-electron chi connectivity index (χ3n) is 4.17. The summed E-state index contributed by atoms with van der Waals surface area (Å²) in [5, 5.41) is 3.90. The molecule has 1 saturated heterocycles. The number of fused-ring (bicyclic) bond motifs is 1. The molecule has 2 aromatic rings. The van der Waals surface area contributed by atoms with E-state index in [1.807, 2.05) is 18.2 Å². The largest absolute Gasteiger partial charge is 0.378 e. The number of hydrogen-bond donors (Lipinski definition) is 1. The normalized spacial score (nSPS) is 21.0. The molecule has 3 heterocycles. The molecule has 120 valence electrons. The number of nitrogens with zero attached hydrogens (tertiary/aromatic N) is 2. The van der Waals surface area contributed by atoms with Crippen molar-refractivity contribution >= 4 is 44.1 Å². The molecule has 0 aliphatic carbocycles. The highest BCUT2D eigenvalue weighted by molar-refractivity contribution is 9.10. The lowest BCUT2D eigenvalue weighted by atomic mass is 9.92. The Morgan fingerprint density at radius 3 is 2.87 bits per heavy atom. The molecule has 1 aromatic heterocycles. The molecule has 1 fully saturated rings. The number of carbonyl (C=O) groups is 1. The number of morpholine rings is 1. The number of nitrogens with one attached hydrogen (secondary N) is 1. The highest BCUT2D eigenvalue weighted by Crippen LogP contribution is 2.44. The van der Waals surface area contributed by atoms with Gasteiger partial charge in [-0.15, -0.1) is 0 Å². The fourth-order valence-electron chi connectivity index (χ4n) is 3.01. The van der Waals surface area contributed by atoms with Crippen LogP contribution in [0.2, 0.25) is 0 Å². The molecule has 5 nitrogen and oxygen atoms in total. The predicted molar refractivity (Wildman–Crippen MR) is 94.4 cm³/mol. The van der Waals surface area contributed by atoms with Crippen LogP contribution in [-0.2, 0) is 9.53 Å². The topological polar surface area (TPSA) is 54.5 Å². The molecule has 1 aromatic carbocycles. The van der Waals surface area contributed by atoms with Crippen molar-refractivity contribution in [2.45, 2.75) is 12.3 Å². The van der Waals surface area contributed by atoms with Crippen LogP contribution in [0.25, 0.3) is 0 Å². The van der Waals surface area contributed by atoms with E-state index in [2.05, 4.69) is 37.2 Å². The molecular formula is C16H16BrN3O2S. The molecule has 2 aliphatic heterocycles. The van der Waals surface area contributed by atoms with Crippen molar-refractivity contribution in [3.8, 4) is 0 Å². The van der Waals surface area contributed by atoms with E-state index in [4.69, 9.17) is 4.74 Å². The monoisotopic (exact) mass is 393 g/mol. The molecule has 1 amide bonds. The number of thiazole rings is 1. The zero-order valence-corrected chi connectivity index (χ0v) is 14.8. The van der Waals surface area contributed by atoms with Crippen LogP contribution in [0.15, 0.2) is 28.7 Å². The van der Waals surface area contributed by atoms with Crippen LogP contribution in [0.4, 0.5) is 10.9 Å². The van der Waals surface area contributed by atoms with Crippen LogP contribution >= 0.6 is 27.3 Å². The first-order valence-corrected chi connectivity index (χ1v) is 9.21. The molecule has 0 radical (unpaired) electrons. The molecule has 1 atom stereocenters. The second-order valence-corrected chi connectivity index (χ2v) is 7.50. The smallest absolute Gasteiger partial charge is 0.226 e. The molecule has 0 saturated carbocycles. The van der Waals surface area contributed by atoms with Gasteiger partial charge in [0.15, 0.2) is 5.13 Å². The average Bonchev–Trinajstić information content (AvgIpc) is 2.99. The second-order valence-electron chi connectivity index (χ2n) is 5.64. The standard InChI is InChI=1S/C16H16BrN3O2S/c17-12-4-2-1-3-10(12)11-9-13(21)18-15-14(11)23-16(19-15)20-5-7-22-8-6-20/h1-4,11H,5-9H2,(H,18,21)/t11-/m0/s1. The number of ether oxygens (including phenoxy) is 1. The van der Waals surface area contributed by atoms with Gasteiger partial charge in [-0.2, -0.15) is 0 Å². The SMILES string of the molecule is O=C1C[C@@H](c2ccccc2Br)c2sc(N3CCOCC3)nc2N1. The Bertz CT molecular complexity index is 743. The summed E-state index contributed by atoms with van der Waals surface area (Å²) in [7, 11) is 0. The van der Waals surface area contributed by atoms with E-state index >= 15 is 0 Å². The van der Waals surface area contributed by atoms with Gasteiger partial charge in [0, 0.05) is 29.9 Å². The van der Waals surface area contributed by atoms with Crippen molar-refractivity contribution in [3.05, 3.63) is 39.2 Å². The lowest BCUT2D eigenvalue weighted by Gasteiger charge is -2.26. The van der Waals surface area contributed by atoms with E-state index in [9.17, 15) is 4.79 Å². The molecule has 0 spiro atoms. The zero-order valence-electron chi connectivity index (χ0n) is 12.4. The number of carbonyl (C=O) groups excluding carboxylic acids is 1. The molecule has 4 rings (SSSR count). The fourth-order valence-corrected chi connectivity index (χ4v) is 4.76. The number of hydrogen-bond acceptors (Lipinski definition) is 5. The van der Waals surface area contributed by atoms with Gasteiger partial charge in [-0.3, -0.25) is 4.79 Å². The summed E-state index contributed by atoms with van der Waals surface area (Å²) >= 11 is 5.29. The Kier molecular flexibility index (Phi) is 4.09. The molecule has 1 N–H and O–H groups in total. The van der Waals surface area contributed by atoms with Gasteiger partial charge in [0.25, 0.3) is 0 Å². The zero-order chi connectivity index (χ0) is 15.8. The molecule has 2 aliphatic rings. The second kappa shape index (κ2) is 6.22. The van der Waals surface area contributed by atoms with Gasteiger partial charge in [-0.1, -0.05) is 45.5 Å². The summed E-state index contributed by atoms with van der Waals surface area (Å²) in [6.07, 6.45) is 0.459. The summed E-state index contributed by atoms with van der Waals surface area (Å²) in [6, 6.07) is 8.09. The van der Waals surface area contributed by atoms with Crippen LogP contribution in [0.1, 0.15) is 22.8 Å². The lowest BCUT2D eigenvalue weighted by molar-refractivity contribution is -0.116. The average molecular weight is 394 g/mol. The Labute approximate surface area is 146 Å². The van der Waals surface area contributed by atoms with E-state index in [0.29, 0.717) is 12.2 Å². The third kappa shape index (κ3) is 2.88. The number of anilines is 2. The maximum atomic E-state index is 12.1. The molecule has 0 unspecified atom stereocenters. The first-order chi connectivity index (χ1) is 11.2. The summed E-state index contributed by atoms with van der Waals surface area (Å²) < 4.78 is 6.44. The molecule has 23 heavy (non-hydrogen) atoms. The van der Waals surface area contributed by atoms with Crippen molar-refractivity contribution in [3.63, 3.8) is 0 Å². The van der Waals surface area contributed by atoms with Crippen LogP contribution in [0.5, 0.6) is 0 Å². The lowest BCUT2D eigenvalue weighted by Crippen LogP contribution is -2.36. The van der Waals surface area contributed by atoms with Crippen molar-refractivity contribution in [1.82, 2.24) is 4.98 Å². The van der Waals surface area contributed by atoms with Crippen molar-refractivity contribution in [1.29, 1.82) is 0 Å². The summed E-state index contributed by atoms with van der Waals surface area (Å²) in [6.45, 7) is 3.15. The minimum atomic E-state index is 0.0251. The van der Waals surface area contributed by atoms with Crippen LogP contribution in [0.3, 0.4) is 0 Å². The van der Waals surface area contributed by atoms with Gasteiger partial charge in [0.05, 0.1) is 18.1 Å². The van der Waals surface area contributed by atoms with Gasteiger partial charge in [0.1, 0.15) is 5.82 Å². The molecule has 0 bridgehead atoms. The van der Waals surface area contributed by atoms with Gasteiger partial charge < -0.3 is 15.0 Å². The number of benzene rings is 1. The van der Waals surface area contributed by atoms with E-state index in [1.165, 1.54) is 0 Å². The number of halogens is 1. The third-order valence-corrected chi connectivity index (χ3v) is 6.12. The Balaban J connectivity index is 1.73. The van der Waals surface area contributed by atoms with Crippen LogP contribution in [0, 0.1) is 0 Å². The highest BCUT2D eigenvalue weighted by Gasteiger charge is 2.32. The van der Waals surface area contributed by atoms with Gasteiger partial charge in [0.2, 0.25) is 5.91 Å². The van der Waals surface area contributed by atoms with Crippen molar-refractivity contribution in [2.75, 3.05) is 36.5 Å². The predicted octanol–water partition coefficient (Wildman–Crippen LogP) is 3.22. The highest BCUT2D eigenvalue weighted by atomic mass is 79.9. The quantitative estimate of drug-likeness (QED) is 0.850. The maximum Gasteiger partial charge on any atom is 0.226 e. The Morgan fingerprint density at radius 2 is 2.09 bits per heavy atom. The van der Waals surface area contributed by atoms with Gasteiger partial charge in [-0.05, 0) is 11.6 Å². The Hall–Kier alpha value is -1.44. The number of rotatable bonds is 2. The van der Waals surface area contributed by atoms with Crippen molar-refractivity contribution in [2.24, 2.45) is 0 Å². The minimum Gasteiger partial charge on any atom is -0.378 e. The van der Waals surface area contributed by atoms with Gasteiger partial charge in [-0.25, -0.2) is 4.98 Å². The summed E-state index contributed by atoms with van der Waals surface area (Å²) in [4.78, 5) is 20.2. The van der Waals surface area contributed by atoms with Crippen LogP contribution < -0.4 is 10.2 Å². The Morgan fingerprint density at radius 1 is 1.30 bits per heavy atom. The molecule has 7 heteroatoms. The number of amides is 1. The summed E-state index contributed by atoms with van der Waals surface area (Å²) in [5.74, 6) is 0.798. The summed E-state index contributed by atoms with van der Waals surface area (Å²) in [5.41, 5.74) is 1.14. The van der Waals surface area contributed by atoms with E-state index in [0.717, 1.165) is 46.3 Å². The van der Waals surface area contributed by atoms with E-state index in [1.54, 1.807) is 11.3 Å². The maximum absolute atomic E-state index is 12.1.